The molecule has 0 amide bonds. The van der Waals surface area contributed by atoms with Gasteiger partial charge in [0.1, 0.15) is 6.29 Å². The lowest BCUT2D eigenvalue weighted by atomic mass is 9.81. The van der Waals surface area contributed by atoms with E-state index < -0.39 is 17.4 Å². The molecule has 0 bridgehead atoms. The second kappa shape index (κ2) is 5.95. The van der Waals surface area contributed by atoms with E-state index in [-0.39, 0.29) is 12.8 Å². The fourth-order valence-corrected chi connectivity index (χ4v) is 1.28. The van der Waals surface area contributed by atoms with Gasteiger partial charge in [0.15, 0.2) is 5.41 Å². The van der Waals surface area contributed by atoms with Gasteiger partial charge in [0.05, 0.1) is 14.2 Å². The van der Waals surface area contributed by atoms with Crippen molar-refractivity contribution in [3.63, 3.8) is 0 Å². The molecule has 5 nitrogen and oxygen atoms in total. The number of esters is 2. The Kier molecular flexibility index (Phi) is 5.30. The minimum atomic E-state index is -1.59. The van der Waals surface area contributed by atoms with E-state index in [1.807, 2.05) is 0 Å². The SMILES string of the molecule is C=CCC(CC=O)(C(=O)OC)C(=O)OC. The van der Waals surface area contributed by atoms with E-state index in [2.05, 4.69) is 16.1 Å². The van der Waals surface area contributed by atoms with Crippen LogP contribution in [0, 0.1) is 5.41 Å². The van der Waals surface area contributed by atoms with E-state index in [1.54, 1.807) is 0 Å². The van der Waals surface area contributed by atoms with Gasteiger partial charge < -0.3 is 14.3 Å². The number of ether oxygens (including phenoxy) is 2. The molecular weight excluding hydrogens is 200 g/mol. The summed E-state index contributed by atoms with van der Waals surface area (Å²) in [6.07, 6.45) is 1.58. The maximum absolute atomic E-state index is 11.5. The van der Waals surface area contributed by atoms with Gasteiger partial charge in [-0.15, -0.1) is 6.58 Å². The lowest BCUT2D eigenvalue weighted by Crippen LogP contribution is -2.41. The van der Waals surface area contributed by atoms with Crippen LogP contribution in [0.4, 0.5) is 0 Å². The Labute approximate surface area is 88.0 Å². The predicted octanol–water partition coefficient (Wildman–Crippen LogP) is 0.484. The summed E-state index contributed by atoms with van der Waals surface area (Å²) in [5.74, 6) is -1.58. The summed E-state index contributed by atoms with van der Waals surface area (Å²) in [5.41, 5.74) is -1.59. The Morgan fingerprint density at radius 2 is 1.67 bits per heavy atom. The monoisotopic (exact) mass is 214 g/mol. The van der Waals surface area contributed by atoms with Crippen LogP contribution in [-0.4, -0.2) is 32.4 Å². The van der Waals surface area contributed by atoms with Crippen molar-refractivity contribution in [1.82, 2.24) is 0 Å². The third-order valence-corrected chi connectivity index (χ3v) is 2.08. The van der Waals surface area contributed by atoms with Crippen molar-refractivity contribution in [3.8, 4) is 0 Å². The van der Waals surface area contributed by atoms with E-state index in [4.69, 9.17) is 0 Å². The number of methoxy groups -OCH3 is 2. The molecule has 0 aromatic heterocycles. The average Bonchev–Trinajstić information content (AvgIpc) is 2.26. The number of hydrogen-bond acceptors (Lipinski definition) is 5. The Hall–Kier alpha value is -1.65. The zero-order valence-electron chi connectivity index (χ0n) is 8.82. The highest BCUT2D eigenvalue weighted by molar-refractivity contribution is 6.02. The van der Waals surface area contributed by atoms with E-state index in [1.165, 1.54) is 6.08 Å². The summed E-state index contributed by atoms with van der Waals surface area (Å²) in [6, 6.07) is 0. The normalized spacial score (nSPS) is 10.3. The molecule has 0 heterocycles. The van der Waals surface area contributed by atoms with Gasteiger partial charge in [-0.25, -0.2) is 0 Å². The Bertz CT molecular complexity index is 241. The first kappa shape index (κ1) is 13.4. The van der Waals surface area contributed by atoms with E-state index >= 15 is 0 Å². The van der Waals surface area contributed by atoms with Gasteiger partial charge in [0, 0.05) is 6.42 Å². The van der Waals surface area contributed by atoms with Gasteiger partial charge in [0.2, 0.25) is 0 Å². The minimum Gasteiger partial charge on any atom is -0.468 e. The fraction of sp³-hybridized carbons (Fsp3) is 0.500. The van der Waals surface area contributed by atoms with Crippen LogP contribution in [0.5, 0.6) is 0 Å². The third kappa shape index (κ3) is 2.65. The maximum atomic E-state index is 11.5. The molecule has 84 valence electrons. The first-order valence-corrected chi connectivity index (χ1v) is 4.30. The molecule has 0 aromatic rings. The second-order valence-corrected chi connectivity index (χ2v) is 2.93. The van der Waals surface area contributed by atoms with Gasteiger partial charge in [-0.2, -0.15) is 0 Å². The number of aldehydes is 1. The molecule has 0 aliphatic heterocycles. The summed E-state index contributed by atoms with van der Waals surface area (Å²) in [4.78, 5) is 33.5. The zero-order valence-corrected chi connectivity index (χ0v) is 8.82. The highest BCUT2D eigenvalue weighted by Gasteiger charge is 2.47. The molecule has 0 rings (SSSR count). The molecule has 0 saturated heterocycles. The van der Waals surface area contributed by atoms with Crippen molar-refractivity contribution in [2.75, 3.05) is 14.2 Å². The van der Waals surface area contributed by atoms with Crippen molar-refractivity contribution < 1.29 is 23.9 Å². The van der Waals surface area contributed by atoms with Gasteiger partial charge in [0.25, 0.3) is 0 Å². The van der Waals surface area contributed by atoms with E-state index in [0.29, 0.717) is 6.29 Å². The van der Waals surface area contributed by atoms with Crippen molar-refractivity contribution in [2.45, 2.75) is 12.8 Å². The van der Waals surface area contributed by atoms with Crippen LogP contribution < -0.4 is 0 Å². The molecule has 0 N–H and O–H groups in total. The molecule has 0 radical (unpaired) electrons. The molecule has 0 unspecified atom stereocenters. The number of carbonyl (C=O) groups is 3. The Morgan fingerprint density at radius 3 is 1.93 bits per heavy atom. The predicted molar refractivity (Wildman–Crippen MR) is 52.0 cm³/mol. The second-order valence-electron chi connectivity index (χ2n) is 2.93. The van der Waals surface area contributed by atoms with Crippen LogP contribution in [0.1, 0.15) is 12.8 Å². The molecule has 0 atom stereocenters. The average molecular weight is 214 g/mol. The molecule has 0 fully saturated rings. The molecular formula is C10H14O5. The number of allylic oxidation sites excluding steroid dienone is 1. The summed E-state index contributed by atoms with van der Waals surface area (Å²) < 4.78 is 8.99. The fourth-order valence-electron chi connectivity index (χ4n) is 1.28. The standard InChI is InChI=1S/C10H14O5/c1-4-5-10(6-7-11,8(12)14-2)9(13)15-3/h4,7H,1,5-6H2,2-3H3. The first-order valence-electron chi connectivity index (χ1n) is 4.30. The lowest BCUT2D eigenvalue weighted by molar-refractivity contribution is -0.170. The smallest absolute Gasteiger partial charge is 0.323 e. The highest BCUT2D eigenvalue weighted by Crippen LogP contribution is 2.29. The molecule has 5 heteroatoms. The summed E-state index contributed by atoms with van der Waals surface area (Å²) >= 11 is 0. The van der Waals surface area contributed by atoms with Crippen LogP contribution in [0.15, 0.2) is 12.7 Å². The van der Waals surface area contributed by atoms with E-state index in [9.17, 15) is 14.4 Å². The first-order chi connectivity index (χ1) is 7.08. The lowest BCUT2D eigenvalue weighted by Gasteiger charge is -2.24. The zero-order chi connectivity index (χ0) is 11.9. The van der Waals surface area contributed by atoms with E-state index in [0.717, 1.165) is 14.2 Å². The third-order valence-electron chi connectivity index (χ3n) is 2.08. The van der Waals surface area contributed by atoms with Crippen LogP contribution in [0.25, 0.3) is 0 Å². The molecule has 0 aliphatic rings. The summed E-state index contributed by atoms with van der Waals surface area (Å²) in [7, 11) is 2.29. The summed E-state index contributed by atoms with van der Waals surface area (Å²) in [6.45, 7) is 3.43. The van der Waals surface area contributed by atoms with Crippen LogP contribution in [0.3, 0.4) is 0 Å². The number of carbonyl (C=O) groups excluding carboxylic acids is 3. The summed E-state index contributed by atoms with van der Waals surface area (Å²) in [5, 5.41) is 0. The van der Waals surface area contributed by atoms with Crippen molar-refractivity contribution in [2.24, 2.45) is 5.41 Å². The van der Waals surface area contributed by atoms with Crippen molar-refractivity contribution >= 4 is 18.2 Å². The Morgan fingerprint density at radius 1 is 1.20 bits per heavy atom. The van der Waals surface area contributed by atoms with Gasteiger partial charge >= 0.3 is 11.9 Å². The van der Waals surface area contributed by atoms with Crippen LogP contribution in [-0.2, 0) is 23.9 Å². The highest BCUT2D eigenvalue weighted by atomic mass is 16.5. The molecule has 15 heavy (non-hydrogen) atoms. The van der Waals surface area contributed by atoms with Gasteiger partial charge in [-0.1, -0.05) is 6.08 Å². The maximum Gasteiger partial charge on any atom is 0.323 e. The topological polar surface area (TPSA) is 69.7 Å². The van der Waals surface area contributed by atoms with Crippen molar-refractivity contribution in [1.29, 1.82) is 0 Å². The molecule has 0 spiro atoms. The molecule has 0 aromatic carbocycles. The minimum absolute atomic E-state index is 0.00505. The quantitative estimate of drug-likeness (QED) is 0.278. The van der Waals surface area contributed by atoms with Gasteiger partial charge in [-0.3, -0.25) is 9.59 Å². The molecule has 0 saturated carbocycles. The number of rotatable bonds is 6. The van der Waals surface area contributed by atoms with Crippen LogP contribution >= 0.6 is 0 Å². The van der Waals surface area contributed by atoms with Crippen LogP contribution in [0.2, 0.25) is 0 Å². The van der Waals surface area contributed by atoms with Gasteiger partial charge in [-0.05, 0) is 6.42 Å². The largest absolute Gasteiger partial charge is 0.468 e. The van der Waals surface area contributed by atoms with Crippen molar-refractivity contribution in [3.05, 3.63) is 12.7 Å². The number of hydrogen-bond donors (Lipinski definition) is 0. The molecule has 0 aliphatic carbocycles. The Balaban J connectivity index is 5.22.